The van der Waals surface area contributed by atoms with Crippen molar-refractivity contribution >= 4 is 17.7 Å². The van der Waals surface area contributed by atoms with E-state index in [4.69, 9.17) is 4.52 Å². The molecule has 0 radical (unpaired) electrons. The van der Waals surface area contributed by atoms with Crippen molar-refractivity contribution in [1.29, 1.82) is 0 Å². The van der Waals surface area contributed by atoms with Gasteiger partial charge in [0.05, 0.1) is 6.10 Å². The number of aliphatic hydroxyl groups is 1. The largest absolute Gasteiger partial charge is 0.391 e. The number of β-amino-alcohol motifs (C(OH)–C–C–N with tert-alkyl or cyclic N) is 1. The van der Waals surface area contributed by atoms with Crippen molar-refractivity contribution in [3.05, 3.63) is 71.6 Å². The van der Waals surface area contributed by atoms with Gasteiger partial charge in [-0.2, -0.15) is 4.98 Å². The van der Waals surface area contributed by atoms with Gasteiger partial charge in [0.15, 0.2) is 0 Å². The summed E-state index contributed by atoms with van der Waals surface area (Å²) < 4.78 is 4.77. The molecule has 2 N–H and O–H groups in total. The van der Waals surface area contributed by atoms with Crippen LogP contribution in [0, 0.1) is 5.92 Å². The lowest BCUT2D eigenvalue weighted by atomic mass is 10.0. The van der Waals surface area contributed by atoms with Crippen LogP contribution in [0.1, 0.15) is 41.8 Å². The molecule has 2 aliphatic rings. The third-order valence-electron chi connectivity index (χ3n) is 6.97. The third kappa shape index (κ3) is 4.84. The SMILES string of the molecule is CC(C)C(C(=O)N1C[C@H](O)C[C@H]1C(=O)NCc1ccc(-c2ncon2)cc1)N1Cc2ccccc2C1=O. The van der Waals surface area contributed by atoms with E-state index >= 15 is 0 Å². The summed E-state index contributed by atoms with van der Waals surface area (Å²) in [4.78, 5) is 47.1. The average molecular weight is 504 g/mol. The highest BCUT2D eigenvalue weighted by atomic mass is 16.5. The van der Waals surface area contributed by atoms with Crippen LogP contribution in [0.25, 0.3) is 11.4 Å². The number of carbonyl (C=O) groups is 3. The fourth-order valence-corrected chi connectivity index (χ4v) is 5.13. The molecule has 1 saturated heterocycles. The summed E-state index contributed by atoms with van der Waals surface area (Å²) in [7, 11) is 0. The van der Waals surface area contributed by atoms with E-state index in [1.54, 1.807) is 11.0 Å². The number of nitrogens with one attached hydrogen (secondary N) is 1. The van der Waals surface area contributed by atoms with Gasteiger partial charge in [-0.3, -0.25) is 14.4 Å². The van der Waals surface area contributed by atoms with Crippen LogP contribution >= 0.6 is 0 Å². The van der Waals surface area contributed by atoms with Gasteiger partial charge >= 0.3 is 0 Å². The van der Waals surface area contributed by atoms with Crippen molar-refractivity contribution in [2.75, 3.05) is 6.54 Å². The quantitative estimate of drug-likeness (QED) is 0.505. The summed E-state index contributed by atoms with van der Waals surface area (Å²) in [6, 6.07) is 13.2. The van der Waals surface area contributed by atoms with E-state index in [-0.39, 0.29) is 43.1 Å². The Morgan fingerprint density at radius 1 is 1.16 bits per heavy atom. The normalized spacial score (nSPS) is 19.8. The smallest absolute Gasteiger partial charge is 0.255 e. The highest BCUT2D eigenvalue weighted by Crippen LogP contribution is 2.30. The first-order valence-electron chi connectivity index (χ1n) is 12.3. The lowest BCUT2D eigenvalue weighted by molar-refractivity contribution is -0.143. The highest BCUT2D eigenvalue weighted by Gasteiger charge is 2.45. The highest BCUT2D eigenvalue weighted by molar-refractivity contribution is 6.01. The minimum atomic E-state index is -0.817. The first-order chi connectivity index (χ1) is 17.8. The first kappa shape index (κ1) is 24.6. The molecule has 37 heavy (non-hydrogen) atoms. The molecule has 3 atom stereocenters. The molecule has 0 aliphatic carbocycles. The van der Waals surface area contributed by atoms with E-state index in [0.717, 1.165) is 16.7 Å². The van der Waals surface area contributed by atoms with Crippen LogP contribution in [0.2, 0.25) is 0 Å². The van der Waals surface area contributed by atoms with E-state index in [9.17, 15) is 19.5 Å². The van der Waals surface area contributed by atoms with E-state index < -0.39 is 18.2 Å². The Morgan fingerprint density at radius 2 is 1.92 bits per heavy atom. The van der Waals surface area contributed by atoms with Crippen molar-refractivity contribution < 1.29 is 24.0 Å². The Morgan fingerprint density at radius 3 is 2.59 bits per heavy atom. The standard InChI is InChI=1S/C27H29N5O5/c1-16(2)23(32-13-19-5-3-4-6-21(19)26(32)35)27(36)31-14-20(33)11-22(31)25(34)28-12-17-7-9-18(10-8-17)24-29-15-37-30-24/h3-10,15-16,20,22-23,33H,11-14H2,1-2H3,(H,28,34)/t20-,22+,23?/m1/s1. The van der Waals surface area contributed by atoms with Crippen molar-refractivity contribution in [3.8, 4) is 11.4 Å². The Kier molecular flexibility index (Phi) is 6.75. The Hall–Kier alpha value is -4.05. The second kappa shape index (κ2) is 10.1. The molecule has 1 fully saturated rings. The maximum absolute atomic E-state index is 13.8. The average Bonchev–Trinajstić information content (AvgIpc) is 3.63. The molecule has 3 heterocycles. The molecule has 2 aliphatic heterocycles. The van der Waals surface area contributed by atoms with Gasteiger partial charge in [-0.1, -0.05) is 61.5 Å². The van der Waals surface area contributed by atoms with Crippen LogP contribution in [0.5, 0.6) is 0 Å². The van der Waals surface area contributed by atoms with Crippen molar-refractivity contribution in [1.82, 2.24) is 25.3 Å². The zero-order valence-electron chi connectivity index (χ0n) is 20.7. The van der Waals surface area contributed by atoms with E-state index in [0.29, 0.717) is 17.9 Å². The van der Waals surface area contributed by atoms with Crippen LogP contribution in [-0.2, 0) is 22.7 Å². The number of aromatic nitrogens is 2. The monoisotopic (exact) mass is 503 g/mol. The molecule has 0 bridgehead atoms. The Bertz CT molecular complexity index is 1290. The molecule has 0 saturated carbocycles. The predicted octanol–water partition coefficient (Wildman–Crippen LogP) is 2.00. The molecule has 5 rings (SSSR count). The van der Waals surface area contributed by atoms with Gasteiger partial charge in [0.25, 0.3) is 5.91 Å². The lowest BCUT2D eigenvalue weighted by Gasteiger charge is -2.35. The van der Waals surface area contributed by atoms with E-state index in [2.05, 4.69) is 15.5 Å². The van der Waals surface area contributed by atoms with Crippen molar-refractivity contribution in [2.24, 2.45) is 5.92 Å². The van der Waals surface area contributed by atoms with Gasteiger partial charge in [-0.15, -0.1) is 0 Å². The van der Waals surface area contributed by atoms with Gasteiger partial charge in [0, 0.05) is 37.2 Å². The summed E-state index contributed by atoms with van der Waals surface area (Å²) in [6.07, 6.45) is 0.593. The minimum absolute atomic E-state index is 0.0501. The number of likely N-dealkylation sites (tertiary alicyclic amines) is 1. The van der Waals surface area contributed by atoms with Crippen LogP contribution in [0.4, 0.5) is 0 Å². The maximum Gasteiger partial charge on any atom is 0.255 e. The molecule has 10 heteroatoms. The van der Waals surface area contributed by atoms with Crippen LogP contribution < -0.4 is 5.32 Å². The Balaban J connectivity index is 1.27. The second-order valence-electron chi connectivity index (χ2n) is 9.84. The van der Waals surface area contributed by atoms with Gasteiger partial charge in [0.2, 0.25) is 24.0 Å². The number of amides is 3. The molecule has 10 nitrogen and oxygen atoms in total. The number of hydrogen-bond donors (Lipinski definition) is 2. The topological polar surface area (TPSA) is 129 Å². The molecular formula is C27H29N5O5. The zero-order valence-corrected chi connectivity index (χ0v) is 20.7. The number of fused-ring (bicyclic) bond motifs is 1. The van der Waals surface area contributed by atoms with Gasteiger partial charge < -0.3 is 24.7 Å². The van der Waals surface area contributed by atoms with Gasteiger partial charge in [-0.05, 0) is 23.1 Å². The minimum Gasteiger partial charge on any atom is -0.391 e. The third-order valence-corrected chi connectivity index (χ3v) is 6.97. The molecule has 3 aromatic rings. The maximum atomic E-state index is 13.8. The molecule has 2 aromatic carbocycles. The van der Waals surface area contributed by atoms with Gasteiger partial charge in [-0.25, -0.2) is 0 Å². The molecule has 0 spiro atoms. The number of carbonyl (C=O) groups excluding carboxylic acids is 3. The Labute approximate surface area is 214 Å². The van der Waals surface area contributed by atoms with Crippen molar-refractivity contribution in [3.63, 3.8) is 0 Å². The van der Waals surface area contributed by atoms with Crippen LogP contribution in [0.3, 0.4) is 0 Å². The summed E-state index contributed by atoms with van der Waals surface area (Å²) in [5.41, 5.74) is 3.13. The number of aliphatic hydroxyl groups excluding tert-OH is 1. The zero-order chi connectivity index (χ0) is 26.1. The lowest BCUT2D eigenvalue weighted by Crippen LogP contribution is -2.55. The van der Waals surface area contributed by atoms with E-state index in [1.165, 1.54) is 11.3 Å². The number of benzene rings is 2. The number of nitrogens with zero attached hydrogens (tertiary/aromatic N) is 4. The fraction of sp³-hybridized carbons (Fsp3) is 0.370. The summed E-state index contributed by atoms with van der Waals surface area (Å²) >= 11 is 0. The number of rotatable bonds is 7. The number of hydrogen-bond acceptors (Lipinski definition) is 7. The summed E-state index contributed by atoms with van der Waals surface area (Å²) in [5.74, 6) is -0.551. The molecule has 192 valence electrons. The molecule has 1 aromatic heterocycles. The summed E-state index contributed by atoms with van der Waals surface area (Å²) in [5, 5.41) is 17.1. The molecule has 3 amide bonds. The fourth-order valence-electron chi connectivity index (χ4n) is 5.13. The predicted molar refractivity (Wildman–Crippen MR) is 133 cm³/mol. The van der Waals surface area contributed by atoms with Crippen LogP contribution in [0.15, 0.2) is 59.4 Å². The molecule has 1 unspecified atom stereocenters. The summed E-state index contributed by atoms with van der Waals surface area (Å²) in [6.45, 7) is 4.43. The second-order valence-corrected chi connectivity index (χ2v) is 9.84. The van der Waals surface area contributed by atoms with Crippen molar-refractivity contribution in [2.45, 2.75) is 51.5 Å². The first-order valence-corrected chi connectivity index (χ1v) is 12.3. The van der Waals surface area contributed by atoms with Crippen LogP contribution in [-0.4, -0.2) is 67.5 Å². The van der Waals surface area contributed by atoms with Gasteiger partial charge in [0.1, 0.15) is 12.1 Å². The molecular weight excluding hydrogens is 474 g/mol. The van der Waals surface area contributed by atoms with E-state index in [1.807, 2.05) is 56.3 Å².